The number of rotatable bonds is 11. The molecule has 0 aliphatic rings. The summed E-state index contributed by atoms with van der Waals surface area (Å²) in [5.74, 6) is 0.941. The number of ether oxygens (including phenoxy) is 1. The maximum Gasteiger partial charge on any atom is 0.119 e. The Kier molecular flexibility index (Phi) is 8.30. The standard InChI is InChI=1S/C27H33NO/c1-3-5-6-7-20-29-26-17-15-25(16-18-26)27-19-14-24(21-28-27)13-12-23-10-8-22(4-2)9-11-23/h8-11,14-19,21H,3-7,12-13,20H2,1-2H3. The molecular weight excluding hydrogens is 354 g/mol. The molecular formula is C27H33NO. The Labute approximate surface area is 176 Å². The molecule has 0 bridgehead atoms. The molecule has 0 atom stereocenters. The van der Waals surface area contributed by atoms with E-state index in [0.29, 0.717) is 0 Å². The van der Waals surface area contributed by atoms with Crippen LogP contribution in [0.15, 0.2) is 66.9 Å². The lowest BCUT2D eigenvalue weighted by Gasteiger charge is -2.08. The zero-order valence-electron chi connectivity index (χ0n) is 17.9. The second-order valence-electron chi connectivity index (χ2n) is 7.66. The SMILES string of the molecule is CCCCCCOc1ccc(-c2ccc(CCc3ccc(CC)cc3)cn2)cc1. The Morgan fingerprint density at radius 2 is 1.38 bits per heavy atom. The molecule has 0 aliphatic heterocycles. The highest BCUT2D eigenvalue weighted by Gasteiger charge is 2.02. The van der Waals surface area contributed by atoms with Crippen LogP contribution in [0.2, 0.25) is 0 Å². The summed E-state index contributed by atoms with van der Waals surface area (Å²) in [6.07, 6.45) is 10.1. The minimum Gasteiger partial charge on any atom is -0.494 e. The van der Waals surface area contributed by atoms with Crippen molar-refractivity contribution < 1.29 is 4.74 Å². The Hall–Kier alpha value is -2.61. The highest BCUT2D eigenvalue weighted by molar-refractivity contribution is 5.60. The summed E-state index contributed by atoms with van der Waals surface area (Å²) in [6.45, 7) is 5.22. The molecule has 0 saturated carbocycles. The van der Waals surface area contributed by atoms with E-state index in [-0.39, 0.29) is 0 Å². The molecule has 1 aromatic heterocycles. The molecule has 0 unspecified atom stereocenters. The number of pyridine rings is 1. The maximum absolute atomic E-state index is 5.83. The highest BCUT2D eigenvalue weighted by atomic mass is 16.5. The molecule has 0 N–H and O–H groups in total. The summed E-state index contributed by atoms with van der Waals surface area (Å²) in [7, 11) is 0. The van der Waals surface area contributed by atoms with Gasteiger partial charge >= 0.3 is 0 Å². The zero-order valence-corrected chi connectivity index (χ0v) is 17.9. The van der Waals surface area contributed by atoms with E-state index in [2.05, 4.69) is 67.4 Å². The van der Waals surface area contributed by atoms with Crippen LogP contribution in [-0.4, -0.2) is 11.6 Å². The van der Waals surface area contributed by atoms with Gasteiger partial charge in [-0.3, -0.25) is 4.98 Å². The van der Waals surface area contributed by atoms with Crippen molar-refractivity contribution in [3.8, 4) is 17.0 Å². The molecule has 3 rings (SSSR count). The normalized spacial score (nSPS) is 10.8. The molecule has 2 heteroatoms. The molecule has 152 valence electrons. The van der Waals surface area contributed by atoms with E-state index >= 15 is 0 Å². The molecule has 0 fully saturated rings. The third kappa shape index (κ3) is 6.74. The minimum atomic E-state index is 0.799. The van der Waals surface area contributed by atoms with E-state index in [1.807, 2.05) is 18.3 Å². The van der Waals surface area contributed by atoms with Crippen molar-refractivity contribution in [3.63, 3.8) is 0 Å². The largest absolute Gasteiger partial charge is 0.494 e. The first-order chi connectivity index (χ1) is 14.3. The van der Waals surface area contributed by atoms with Crippen LogP contribution in [0.25, 0.3) is 11.3 Å². The average Bonchev–Trinajstić information content (AvgIpc) is 2.79. The first-order valence-corrected chi connectivity index (χ1v) is 11.0. The van der Waals surface area contributed by atoms with Gasteiger partial charge in [0.15, 0.2) is 0 Å². The van der Waals surface area contributed by atoms with E-state index in [1.165, 1.54) is 36.0 Å². The third-order valence-corrected chi connectivity index (χ3v) is 5.38. The van der Waals surface area contributed by atoms with Gasteiger partial charge in [0.25, 0.3) is 0 Å². The van der Waals surface area contributed by atoms with E-state index < -0.39 is 0 Å². The summed E-state index contributed by atoms with van der Waals surface area (Å²) in [5.41, 5.74) is 6.20. The second-order valence-corrected chi connectivity index (χ2v) is 7.66. The van der Waals surface area contributed by atoms with Crippen molar-refractivity contribution in [2.45, 2.75) is 58.8 Å². The lowest BCUT2D eigenvalue weighted by molar-refractivity contribution is 0.305. The van der Waals surface area contributed by atoms with Gasteiger partial charge in [-0.15, -0.1) is 0 Å². The van der Waals surface area contributed by atoms with Crippen LogP contribution < -0.4 is 4.74 Å². The number of hydrogen-bond donors (Lipinski definition) is 0. The monoisotopic (exact) mass is 387 g/mol. The van der Waals surface area contributed by atoms with Gasteiger partial charge in [0, 0.05) is 11.8 Å². The van der Waals surface area contributed by atoms with Crippen LogP contribution in [-0.2, 0) is 19.3 Å². The number of aromatic nitrogens is 1. The predicted octanol–water partition coefficient (Wildman–Crippen LogP) is 7.06. The van der Waals surface area contributed by atoms with Gasteiger partial charge in [0.1, 0.15) is 5.75 Å². The van der Waals surface area contributed by atoms with E-state index in [9.17, 15) is 0 Å². The zero-order chi connectivity index (χ0) is 20.3. The summed E-state index contributed by atoms with van der Waals surface area (Å²) < 4.78 is 5.83. The molecule has 0 saturated heterocycles. The minimum absolute atomic E-state index is 0.799. The van der Waals surface area contributed by atoms with Gasteiger partial charge < -0.3 is 4.74 Å². The Bertz CT molecular complexity index is 835. The first kappa shape index (κ1) is 21.1. The number of aryl methyl sites for hydroxylation is 3. The smallest absolute Gasteiger partial charge is 0.119 e. The van der Waals surface area contributed by atoms with Crippen molar-refractivity contribution in [1.29, 1.82) is 0 Å². The van der Waals surface area contributed by atoms with E-state index in [4.69, 9.17) is 4.74 Å². The van der Waals surface area contributed by atoms with Crippen molar-refractivity contribution in [1.82, 2.24) is 4.98 Å². The molecule has 3 aromatic rings. The fraction of sp³-hybridized carbons (Fsp3) is 0.370. The van der Waals surface area contributed by atoms with Crippen LogP contribution in [0.1, 0.15) is 56.2 Å². The summed E-state index contributed by atoms with van der Waals surface area (Å²) in [6, 6.07) is 21.6. The predicted molar refractivity (Wildman–Crippen MR) is 123 cm³/mol. The quantitative estimate of drug-likeness (QED) is 0.329. The van der Waals surface area contributed by atoms with Crippen LogP contribution in [0.3, 0.4) is 0 Å². The van der Waals surface area contributed by atoms with Gasteiger partial charge in [-0.25, -0.2) is 0 Å². The van der Waals surface area contributed by atoms with Crippen LogP contribution >= 0.6 is 0 Å². The topological polar surface area (TPSA) is 22.1 Å². The molecule has 0 radical (unpaired) electrons. The lowest BCUT2D eigenvalue weighted by Crippen LogP contribution is -1.97. The van der Waals surface area contributed by atoms with Crippen molar-refractivity contribution >= 4 is 0 Å². The van der Waals surface area contributed by atoms with Crippen LogP contribution in [0, 0.1) is 0 Å². The molecule has 2 aromatic carbocycles. The van der Waals surface area contributed by atoms with E-state index in [1.54, 1.807) is 0 Å². The van der Waals surface area contributed by atoms with Crippen LogP contribution in [0.4, 0.5) is 0 Å². The molecule has 0 spiro atoms. The van der Waals surface area contributed by atoms with Gasteiger partial charge in [-0.1, -0.05) is 63.4 Å². The molecule has 1 heterocycles. The number of hydrogen-bond acceptors (Lipinski definition) is 2. The number of unbranched alkanes of at least 4 members (excludes halogenated alkanes) is 3. The second kappa shape index (κ2) is 11.4. The Morgan fingerprint density at radius 3 is 2.03 bits per heavy atom. The van der Waals surface area contributed by atoms with Crippen molar-refractivity contribution in [2.75, 3.05) is 6.61 Å². The summed E-state index contributed by atoms with van der Waals surface area (Å²) in [4.78, 5) is 4.67. The first-order valence-electron chi connectivity index (χ1n) is 11.0. The Balaban J connectivity index is 1.50. The number of benzene rings is 2. The average molecular weight is 388 g/mol. The van der Waals surface area contributed by atoms with E-state index in [0.717, 1.165) is 49.3 Å². The fourth-order valence-corrected chi connectivity index (χ4v) is 3.41. The maximum atomic E-state index is 5.83. The molecule has 0 amide bonds. The van der Waals surface area contributed by atoms with Gasteiger partial charge in [0.2, 0.25) is 0 Å². The highest BCUT2D eigenvalue weighted by Crippen LogP contribution is 2.21. The van der Waals surface area contributed by atoms with Gasteiger partial charge in [0.05, 0.1) is 12.3 Å². The van der Waals surface area contributed by atoms with Gasteiger partial charge in [-0.2, -0.15) is 0 Å². The van der Waals surface area contributed by atoms with Crippen LogP contribution in [0.5, 0.6) is 5.75 Å². The molecule has 0 aliphatic carbocycles. The summed E-state index contributed by atoms with van der Waals surface area (Å²) >= 11 is 0. The molecule has 29 heavy (non-hydrogen) atoms. The summed E-state index contributed by atoms with van der Waals surface area (Å²) in [5, 5.41) is 0. The lowest BCUT2D eigenvalue weighted by atomic mass is 10.0. The molecule has 2 nitrogen and oxygen atoms in total. The third-order valence-electron chi connectivity index (χ3n) is 5.38. The number of nitrogens with zero attached hydrogens (tertiary/aromatic N) is 1. The van der Waals surface area contributed by atoms with Crippen molar-refractivity contribution in [2.24, 2.45) is 0 Å². The Morgan fingerprint density at radius 1 is 0.690 bits per heavy atom. The fourth-order valence-electron chi connectivity index (χ4n) is 3.41. The van der Waals surface area contributed by atoms with Gasteiger partial charge in [-0.05, 0) is 72.7 Å². The van der Waals surface area contributed by atoms with Crippen molar-refractivity contribution in [3.05, 3.63) is 83.6 Å².